The van der Waals surface area contributed by atoms with Crippen LogP contribution in [0.3, 0.4) is 0 Å². The topological polar surface area (TPSA) is 50.4 Å². The molecule has 1 amide bonds. The van der Waals surface area contributed by atoms with Gasteiger partial charge in [-0.3, -0.25) is 0 Å². The molecule has 4 nitrogen and oxygen atoms in total. The zero-order valence-corrected chi connectivity index (χ0v) is 13.9. The number of carbonyl (C=O) groups is 1. The van der Waals surface area contributed by atoms with E-state index in [0.29, 0.717) is 5.92 Å². The lowest BCUT2D eigenvalue weighted by molar-refractivity contribution is 0.0521. The lowest BCUT2D eigenvalue weighted by Crippen LogP contribution is -2.37. The summed E-state index contributed by atoms with van der Waals surface area (Å²) < 4.78 is 18.4. The number of alkyl carbamates (subject to hydrolysis) is 1. The van der Waals surface area contributed by atoms with Crippen molar-refractivity contribution in [3.63, 3.8) is 0 Å². The first-order valence-corrected chi connectivity index (χ1v) is 8.33. The molecule has 2 N–H and O–H groups in total. The summed E-state index contributed by atoms with van der Waals surface area (Å²) in [6.07, 6.45) is 2.94. The molecule has 1 aromatic rings. The summed E-state index contributed by atoms with van der Waals surface area (Å²) in [4.78, 5) is 11.8. The van der Waals surface area contributed by atoms with Gasteiger partial charge in [0.05, 0.1) is 0 Å². The van der Waals surface area contributed by atoms with Crippen LogP contribution in [-0.4, -0.2) is 23.8 Å². The van der Waals surface area contributed by atoms with Crippen LogP contribution in [0.25, 0.3) is 0 Å². The van der Waals surface area contributed by atoms with E-state index in [1.165, 1.54) is 25.0 Å². The lowest BCUT2D eigenvalue weighted by atomic mass is 10.0. The van der Waals surface area contributed by atoms with Crippen LogP contribution in [0.4, 0.5) is 9.18 Å². The highest BCUT2D eigenvalue weighted by Gasteiger charge is 2.43. The molecular weight excluding hydrogens is 295 g/mol. The van der Waals surface area contributed by atoms with E-state index in [2.05, 4.69) is 10.6 Å². The normalized spacial score (nSPS) is 24.9. The molecule has 3 rings (SSSR count). The molecule has 0 aliphatic heterocycles. The van der Waals surface area contributed by atoms with Crippen LogP contribution < -0.4 is 10.6 Å². The van der Waals surface area contributed by atoms with Crippen LogP contribution in [0, 0.1) is 11.7 Å². The average Bonchev–Trinajstić information content (AvgIpc) is 3.31. The van der Waals surface area contributed by atoms with Crippen LogP contribution in [0.5, 0.6) is 0 Å². The third-order valence-electron chi connectivity index (χ3n) is 4.21. The Bertz CT molecular complexity index is 563. The van der Waals surface area contributed by atoms with Crippen LogP contribution in [0.1, 0.15) is 51.6 Å². The Labute approximate surface area is 136 Å². The SMILES string of the molecule is CC(C)(C)OC(=O)NC1CC1NC(c1ccc(F)cc1)C1CC1. The lowest BCUT2D eigenvalue weighted by Gasteiger charge is -2.21. The van der Waals surface area contributed by atoms with Crippen molar-refractivity contribution < 1.29 is 13.9 Å². The quantitative estimate of drug-likeness (QED) is 0.872. The smallest absolute Gasteiger partial charge is 0.407 e. The molecule has 0 heterocycles. The highest BCUT2D eigenvalue weighted by Crippen LogP contribution is 2.42. The Hall–Kier alpha value is -1.62. The van der Waals surface area contributed by atoms with Crippen LogP contribution in [0.2, 0.25) is 0 Å². The van der Waals surface area contributed by atoms with Gasteiger partial charge < -0.3 is 15.4 Å². The van der Waals surface area contributed by atoms with E-state index in [1.54, 1.807) is 0 Å². The fourth-order valence-corrected chi connectivity index (χ4v) is 2.83. The molecule has 3 unspecified atom stereocenters. The van der Waals surface area contributed by atoms with Gasteiger partial charge in [-0.15, -0.1) is 0 Å². The number of hydrogen-bond acceptors (Lipinski definition) is 3. The summed E-state index contributed by atoms with van der Waals surface area (Å²) in [5.74, 6) is 0.405. The Morgan fingerprint density at radius 1 is 1.22 bits per heavy atom. The summed E-state index contributed by atoms with van der Waals surface area (Å²) in [6, 6.07) is 7.34. The van der Waals surface area contributed by atoms with Gasteiger partial charge in [0.25, 0.3) is 0 Å². The first-order chi connectivity index (χ1) is 10.8. The molecule has 0 radical (unpaired) electrons. The second kappa shape index (κ2) is 6.11. The van der Waals surface area contributed by atoms with Crippen molar-refractivity contribution in [2.24, 2.45) is 5.92 Å². The second-order valence-electron chi connectivity index (χ2n) is 7.63. The number of hydrogen-bond donors (Lipinski definition) is 2. The van der Waals surface area contributed by atoms with E-state index in [0.717, 1.165) is 12.0 Å². The van der Waals surface area contributed by atoms with E-state index < -0.39 is 5.60 Å². The fraction of sp³-hybridized carbons (Fsp3) is 0.611. The van der Waals surface area contributed by atoms with Gasteiger partial charge in [-0.1, -0.05) is 12.1 Å². The predicted molar refractivity (Wildman–Crippen MR) is 86.6 cm³/mol. The van der Waals surface area contributed by atoms with Gasteiger partial charge in [0.15, 0.2) is 0 Å². The number of halogens is 1. The first kappa shape index (κ1) is 16.2. The molecule has 2 saturated carbocycles. The minimum absolute atomic E-state index is 0.117. The van der Waals surface area contributed by atoms with E-state index >= 15 is 0 Å². The summed E-state index contributed by atoms with van der Waals surface area (Å²) in [5, 5.41) is 6.52. The molecule has 2 aliphatic rings. The fourth-order valence-electron chi connectivity index (χ4n) is 2.83. The summed E-state index contributed by atoms with van der Waals surface area (Å²) in [5.41, 5.74) is 0.642. The first-order valence-electron chi connectivity index (χ1n) is 8.33. The Kier molecular flexibility index (Phi) is 4.32. The second-order valence-corrected chi connectivity index (χ2v) is 7.63. The van der Waals surface area contributed by atoms with Crippen molar-refractivity contribution in [2.75, 3.05) is 0 Å². The molecule has 0 bridgehead atoms. The third kappa shape index (κ3) is 4.67. The Morgan fingerprint density at radius 3 is 2.43 bits per heavy atom. The van der Waals surface area contributed by atoms with Crippen molar-refractivity contribution in [1.29, 1.82) is 0 Å². The number of ether oxygens (including phenoxy) is 1. The van der Waals surface area contributed by atoms with E-state index in [-0.39, 0.29) is 30.0 Å². The van der Waals surface area contributed by atoms with Crippen LogP contribution >= 0.6 is 0 Å². The zero-order chi connectivity index (χ0) is 16.6. The number of benzene rings is 1. The van der Waals surface area contributed by atoms with Gasteiger partial charge in [0.1, 0.15) is 11.4 Å². The van der Waals surface area contributed by atoms with Crippen molar-refractivity contribution in [2.45, 2.75) is 63.8 Å². The molecular formula is C18H25FN2O2. The zero-order valence-electron chi connectivity index (χ0n) is 13.9. The molecule has 2 fully saturated rings. The standard InChI is InChI=1S/C18H25FN2O2/c1-18(2,3)23-17(22)21-15-10-14(15)20-16(11-4-5-11)12-6-8-13(19)9-7-12/h6-9,11,14-16,20H,4-5,10H2,1-3H3,(H,21,22). The minimum Gasteiger partial charge on any atom is -0.444 e. The Morgan fingerprint density at radius 2 is 1.87 bits per heavy atom. The monoisotopic (exact) mass is 320 g/mol. The van der Waals surface area contributed by atoms with Crippen molar-refractivity contribution in [1.82, 2.24) is 10.6 Å². The minimum atomic E-state index is -0.480. The van der Waals surface area contributed by atoms with Gasteiger partial charge in [0, 0.05) is 18.1 Å². The molecule has 1 aromatic carbocycles. The average molecular weight is 320 g/mol. The van der Waals surface area contributed by atoms with E-state index in [4.69, 9.17) is 4.74 Å². The van der Waals surface area contributed by atoms with E-state index in [9.17, 15) is 9.18 Å². The molecule has 0 aromatic heterocycles. The Balaban J connectivity index is 1.52. The van der Waals surface area contributed by atoms with Gasteiger partial charge in [-0.2, -0.15) is 0 Å². The molecule has 2 aliphatic carbocycles. The van der Waals surface area contributed by atoms with Crippen molar-refractivity contribution in [3.05, 3.63) is 35.6 Å². The molecule has 0 spiro atoms. The summed E-state index contributed by atoms with van der Waals surface area (Å²) >= 11 is 0. The highest BCUT2D eigenvalue weighted by atomic mass is 19.1. The molecule has 5 heteroatoms. The van der Waals surface area contributed by atoms with Gasteiger partial charge in [-0.05, 0) is 63.6 Å². The molecule has 126 valence electrons. The summed E-state index contributed by atoms with van der Waals surface area (Å²) in [7, 11) is 0. The number of amides is 1. The molecule has 0 saturated heterocycles. The largest absolute Gasteiger partial charge is 0.444 e. The highest BCUT2D eigenvalue weighted by molar-refractivity contribution is 5.68. The summed E-state index contributed by atoms with van der Waals surface area (Å²) in [6.45, 7) is 5.56. The predicted octanol–water partition coefficient (Wildman–Crippen LogP) is 3.53. The van der Waals surface area contributed by atoms with Crippen molar-refractivity contribution in [3.8, 4) is 0 Å². The maximum absolute atomic E-state index is 13.1. The van der Waals surface area contributed by atoms with Crippen molar-refractivity contribution >= 4 is 6.09 Å². The molecule has 3 atom stereocenters. The van der Waals surface area contributed by atoms with Gasteiger partial charge in [-0.25, -0.2) is 9.18 Å². The third-order valence-corrected chi connectivity index (χ3v) is 4.21. The number of rotatable bonds is 5. The van der Waals surface area contributed by atoms with Crippen LogP contribution in [-0.2, 0) is 4.74 Å². The van der Waals surface area contributed by atoms with Gasteiger partial charge in [0.2, 0.25) is 0 Å². The molecule has 23 heavy (non-hydrogen) atoms. The maximum atomic E-state index is 13.1. The van der Waals surface area contributed by atoms with E-state index in [1.807, 2.05) is 32.9 Å². The maximum Gasteiger partial charge on any atom is 0.407 e. The van der Waals surface area contributed by atoms with Crippen LogP contribution in [0.15, 0.2) is 24.3 Å². The van der Waals surface area contributed by atoms with Gasteiger partial charge >= 0.3 is 6.09 Å². The number of nitrogens with one attached hydrogen (secondary N) is 2. The number of carbonyl (C=O) groups excluding carboxylic acids is 1.